The van der Waals surface area contributed by atoms with Gasteiger partial charge in [0.2, 0.25) is 5.91 Å². The van der Waals surface area contributed by atoms with Crippen LogP contribution in [0.25, 0.3) is 0 Å². The van der Waals surface area contributed by atoms with Crippen LogP contribution in [0.2, 0.25) is 0 Å². The lowest BCUT2D eigenvalue weighted by molar-refractivity contribution is -0.118. The summed E-state index contributed by atoms with van der Waals surface area (Å²) in [6.45, 7) is 10.3. The van der Waals surface area contributed by atoms with Crippen LogP contribution in [0.1, 0.15) is 50.5 Å². The number of rotatable bonds is 8. The van der Waals surface area contributed by atoms with Gasteiger partial charge in [-0.1, -0.05) is 36.4 Å². The first-order valence-electron chi connectivity index (χ1n) is 10.9. The van der Waals surface area contributed by atoms with Crippen LogP contribution in [0.4, 0.5) is 10.5 Å². The minimum absolute atomic E-state index is 0.0983. The third-order valence-corrected chi connectivity index (χ3v) is 4.72. The van der Waals surface area contributed by atoms with Crippen molar-refractivity contribution in [3.05, 3.63) is 65.7 Å². The van der Waals surface area contributed by atoms with Gasteiger partial charge in [0.15, 0.2) is 0 Å². The van der Waals surface area contributed by atoms with Gasteiger partial charge in [0.25, 0.3) is 5.91 Å². The minimum atomic E-state index is -0.852. The fourth-order valence-corrected chi connectivity index (χ4v) is 3.16. The van der Waals surface area contributed by atoms with Crippen molar-refractivity contribution in [2.24, 2.45) is 0 Å². The van der Waals surface area contributed by atoms with Crippen molar-refractivity contribution in [1.82, 2.24) is 10.2 Å². The predicted molar refractivity (Wildman–Crippen MR) is 126 cm³/mol. The Bertz CT molecular complexity index is 918. The van der Waals surface area contributed by atoms with Gasteiger partial charge in [0, 0.05) is 30.8 Å². The third kappa shape index (κ3) is 7.72. The van der Waals surface area contributed by atoms with Crippen LogP contribution in [-0.4, -0.2) is 47.5 Å². The van der Waals surface area contributed by atoms with Crippen LogP contribution in [-0.2, 0) is 16.0 Å². The smallest absolute Gasteiger partial charge is 0.408 e. The molecule has 0 aliphatic rings. The number of nitrogens with one attached hydrogen (secondary N) is 2. The van der Waals surface area contributed by atoms with Crippen LogP contribution >= 0.6 is 0 Å². The molecule has 2 N–H and O–H groups in total. The lowest BCUT2D eigenvalue weighted by atomic mass is 10.1. The highest BCUT2D eigenvalue weighted by molar-refractivity contribution is 5.99. The van der Waals surface area contributed by atoms with Crippen LogP contribution < -0.4 is 10.6 Å². The first kappa shape index (κ1) is 24.9. The molecule has 2 aromatic carbocycles. The number of carbonyl (C=O) groups is 3. The summed E-state index contributed by atoms with van der Waals surface area (Å²) >= 11 is 0. The van der Waals surface area contributed by atoms with E-state index in [4.69, 9.17) is 4.74 Å². The molecule has 0 saturated heterocycles. The average molecular weight is 440 g/mol. The maximum atomic E-state index is 13.1. The molecule has 7 heteroatoms. The van der Waals surface area contributed by atoms with E-state index in [1.807, 2.05) is 44.2 Å². The molecule has 32 heavy (non-hydrogen) atoms. The van der Waals surface area contributed by atoms with Crippen molar-refractivity contribution < 1.29 is 19.1 Å². The standard InChI is InChI=1S/C25H33N3O4/c1-6-28(7-2)23(30)19-14-11-15-20(17-19)26-22(29)21(16-18-12-9-8-10-13-18)27-24(31)32-25(3,4)5/h8-15,17,21H,6-7,16H2,1-5H3,(H,26,29)(H,27,31). The lowest BCUT2D eigenvalue weighted by Gasteiger charge is -2.23. The predicted octanol–water partition coefficient (Wildman–Crippen LogP) is 4.24. The topological polar surface area (TPSA) is 87.7 Å². The lowest BCUT2D eigenvalue weighted by Crippen LogP contribution is -2.47. The number of anilines is 1. The van der Waals surface area contributed by atoms with Gasteiger partial charge in [-0.05, 0) is 58.4 Å². The first-order valence-corrected chi connectivity index (χ1v) is 10.9. The monoisotopic (exact) mass is 439 g/mol. The van der Waals surface area contributed by atoms with Gasteiger partial charge in [0.1, 0.15) is 11.6 Å². The van der Waals surface area contributed by atoms with E-state index in [9.17, 15) is 14.4 Å². The summed E-state index contributed by atoms with van der Waals surface area (Å²) in [5, 5.41) is 5.49. The Morgan fingerprint density at radius 2 is 1.62 bits per heavy atom. The molecule has 172 valence electrons. The summed E-state index contributed by atoms with van der Waals surface area (Å²) < 4.78 is 5.33. The molecule has 2 rings (SSSR count). The zero-order chi connectivity index (χ0) is 23.7. The summed E-state index contributed by atoms with van der Waals surface area (Å²) in [6.07, 6.45) is -0.372. The molecule has 0 radical (unpaired) electrons. The molecule has 0 aliphatic heterocycles. The molecule has 0 heterocycles. The Morgan fingerprint density at radius 3 is 2.22 bits per heavy atom. The summed E-state index contributed by atoms with van der Waals surface area (Å²) in [5.41, 5.74) is 1.19. The zero-order valence-corrected chi connectivity index (χ0v) is 19.5. The third-order valence-electron chi connectivity index (χ3n) is 4.72. The molecular weight excluding hydrogens is 406 g/mol. The van der Waals surface area contributed by atoms with E-state index in [1.165, 1.54) is 0 Å². The Morgan fingerprint density at radius 1 is 0.969 bits per heavy atom. The second kappa shape index (κ2) is 11.3. The SMILES string of the molecule is CCN(CC)C(=O)c1cccc(NC(=O)C(Cc2ccccc2)NC(=O)OC(C)(C)C)c1. The second-order valence-corrected chi connectivity index (χ2v) is 8.44. The van der Waals surface area contributed by atoms with Crippen molar-refractivity contribution in [1.29, 1.82) is 0 Å². The number of hydrogen-bond donors (Lipinski definition) is 2. The molecule has 2 aromatic rings. The van der Waals surface area contributed by atoms with Crippen LogP contribution in [0.3, 0.4) is 0 Å². The average Bonchev–Trinajstić information content (AvgIpc) is 2.73. The van der Waals surface area contributed by atoms with Crippen LogP contribution in [0, 0.1) is 0 Å². The maximum Gasteiger partial charge on any atom is 0.408 e. The van der Waals surface area contributed by atoms with E-state index < -0.39 is 23.6 Å². The second-order valence-electron chi connectivity index (χ2n) is 8.44. The molecular formula is C25H33N3O4. The van der Waals surface area contributed by atoms with E-state index in [0.717, 1.165) is 5.56 Å². The first-order chi connectivity index (χ1) is 15.1. The molecule has 1 unspecified atom stereocenters. The number of benzene rings is 2. The fourth-order valence-electron chi connectivity index (χ4n) is 3.16. The molecule has 7 nitrogen and oxygen atoms in total. The van der Waals surface area contributed by atoms with Gasteiger partial charge in [-0.25, -0.2) is 4.79 Å². The largest absolute Gasteiger partial charge is 0.444 e. The van der Waals surface area contributed by atoms with Gasteiger partial charge < -0.3 is 20.3 Å². The van der Waals surface area contributed by atoms with Crippen molar-refractivity contribution >= 4 is 23.6 Å². The van der Waals surface area contributed by atoms with Crippen molar-refractivity contribution in [3.63, 3.8) is 0 Å². The van der Waals surface area contributed by atoms with Gasteiger partial charge in [0.05, 0.1) is 0 Å². The molecule has 0 saturated carbocycles. The highest BCUT2D eigenvalue weighted by Crippen LogP contribution is 2.15. The Hall–Kier alpha value is -3.35. The fraction of sp³-hybridized carbons (Fsp3) is 0.400. The quantitative estimate of drug-likeness (QED) is 0.644. The summed E-state index contributed by atoms with van der Waals surface area (Å²) in [6, 6.07) is 15.4. The summed E-state index contributed by atoms with van der Waals surface area (Å²) in [7, 11) is 0. The molecule has 0 bridgehead atoms. The molecule has 0 spiro atoms. The molecule has 0 aliphatic carbocycles. The highest BCUT2D eigenvalue weighted by atomic mass is 16.6. The van der Waals surface area contributed by atoms with Gasteiger partial charge in [-0.3, -0.25) is 9.59 Å². The molecule has 1 atom stereocenters. The number of amides is 3. The minimum Gasteiger partial charge on any atom is -0.444 e. The number of ether oxygens (including phenoxy) is 1. The van der Waals surface area contributed by atoms with Crippen LogP contribution in [0.15, 0.2) is 54.6 Å². The van der Waals surface area contributed by atoms with E-state index in [1.54, 1.807) is 49.9 Å². The van der Waals surface area contributed by atoms with Gasteiger partial charge >= 0.3 is 6.09 Å². The Balaban J connectivity index is 2.19. The number of hydrogen-bond acceptors (Lipinski definition) is 4. The Labute approximate surface area is 190 Å². The van der Waals surface area contributed by atoms with Gasteiger partial charge in [-0.15, -0.1) is 0 Å². The van der Waals surface area contributed by atoms with E-state index >= 15 is 0 Å². The highest BCUT2D eigenvalue weighted by Gasteiger charge is 2.25. The van der Waals surface area contributed by atoms with Crippen LogP contribution in [0.5, 0.6) is 0 Å². The summed E-state index contributed by atoms with van der Waals surface area (Å²) in [5.74, 6) is -0.494. The van der Waals surface area contributed by atoms with E-state index in [0.29, 0.717) is 30.8 Å². The van der Waals surface area contributed by atoms with E-state index in [2.05, 4.69) is 10.6 Å². The number of alkyl carbamates (subject to hydrolysis) is 1. The van der Waals surface area contributed by atoms with E-state index in [-0.39, 0.29) is 5.91 Å². The summed E-state index contributed by atoms with van der Waals surface area (Å²) in [4.78, 5) is 39.8. The molecule has 3 amide bonds. The maximum absolute atomic E-state index is 13.1. The zero-order valence-electron chi connectivity index (χ0n) is 19.5. The van der Waals surface area contributed by atoms with Crippen molar-refractivity contribution in [3.8, 4) is 0 Å². The molecule has 0 fully saturated rings. The van der Waals surface area contributed by atoms with Crippen molar-refractivity contribution in [2.45, 2.75) is 52.7 Å². The van der Waals surface area contributed by atoms with Gasteiger partial charge in [-0.2, -0.15) is 0 Å². The number of carbonyl (C=O) groups excluding carboxylic acids is 3. The number of nitrogens with zero attached hydrogens (tertiary/aromatic N) is 1. The Kier molecular flexibility index (Phi) is 8.81. The molecule has 0 aromatic heterocycles. The normalized spacial score (nSPS) is 11.9. The van der Waals surface area contributed by atoms with Crippen molar-refractivity contribution in [2.75, 3.05) is 18.4 Å².